The molecule has 0 bridgehead atoms. The molecule has 1 aliphatic heterocycles. The largest absolute Gasteiger partial charge is 0.476 e. The number of carbonyl (C=O) groups excluding carboxylic acids is 2. The molecule has 2 heterocycles. The van der Waals surface area contributed by atoms with E-state index in [-0.39, 0.29) is 23.9 Å². The molecule has 1 atom stereocenters. The zero-order valence-corrected chi connectivity index (χ0v) is 11.9. The molecule has 114 valence electrons. The van der Waals surface area contributed by atoms with E-state index in [9.17, 15) is 14.4 Å². The van der Waals surface area contributed by atoms with Crippen LogP contribution in [0.2, 0.25) is 0 Å². The first-order valence-electron chi connectivity index (χ1n) is 6.70. The SMILES string of the molecule is CCCCC1(C)NC(=O)N(Cc2cc(C(=O)O)no2)C1=O. The molecule has 21 heavy (non-hydrogen) atoms. The topological polar surface area (TPSA) is 113 Å². The normalized spacial score (nSPS) is 21.7. The summed E-state index contributed by atoms with van der Waals surface area (Å²) >= 11 is 0. The molecular weight excluding hydrogens is 278 g/mol. The van der Waals surface area contributed by atoms with Gasteiger partial charge in [-0.05, 0) is 13.3 Å². The molecule has 0 radical (unpaired) electrons. The number of rotatable bonds is 6. The smallest absolute Gasteiger partial charge is 0.358 e. The molecule has 2 N–H and O–H groups in total. The van der Waals surface area contributed by atoms with Crippen LogP contribution < -0.4 is 5.32 Å². The predicted octanol–water partition coefficient (Wildman–Crippen LogP) is 1.37. The summed E-state index contributed by atoms with van der Waals surface area (Å²) < 4.78 is 4.83. The Bertz CT molecular complexity index is 582. The molecule has 0 spiro atoms. The van der Waals surface area contributed by atoms with Crippen molar-refractivity contribution >= 4 is 17.9 Å². The molecule has 1 aliphatic rings. The van der Waals surface area contributed by atoms with Gasteiger partial charge in [-0.3, -0.25) is 9.69 Å². The molecule has 0 saturated carbocycles. The van der Waals surface area contributed by atoms with E-state index in [0.717, 1.165) is 17.7 Å². The molecular formula is C13H17N3O5. The Morgan fingerprint density at radius 1 is 1.52 bits per heavy atom. The number of unbranched alkanes of at least 4 members (excludes halogenated alkanes) is 1. The Balaban J connectivity index is 2.11. The summed E-state index contributed by atoms with van der Waals surface area (Å²) in [7, 11) is 0. The fraction of sp³-hybridized carbons (Fsp3) is 0.538. The van der Waals surface area contributed by atoms with Crippen molar-refractivity contribution in [1.29, 1.82) is 0 Å². The van der Waals surface area contributed by atoms with Crippen LogP contribution in [0.4, 0.5) is 4.79 Å². The summed E-state index contributed by atoms with van der Waals surface area (Å²) in [6.45, 7) is 3.56. The number of carbonyl (C=O) groups is 3. The van der Waals surface area contributed by atoms with Gasteiger partial charge in [-0.1, -0.05) is 24.9 Å². The average Bonchev–Trinajstić information content (AvgIpc) is 2.97. The van der Waals surface area contributed by atoms with Crippen molar-refractivity contribution in [2.45, 2.75) is 45.2 Å². The Morgan fingerprint density at radius 2 is 2.24 bits per heavy atom. The van der Waals surface area contributed by atoms with Crippen LogP contribution in [0.25, 0.3) is 0 Å². The van der Waals surface area contributed by atoms with Gasteiger partial charge in [-0.25, -0.2) is 9.59 Å². The summed E-state index contributed by atoms with van der Waals surface area (Å²) in [5, 5.41) is 14.8. The number of imide groups is 1. The number of nitrogens with zero attached hydrogens (tertiary/aromatic N) is 2. The Labute approximate surface area is 121 Å². The highest BCUT2D eigenvalue weighted by Crippen LogP contribution is 2.25. The van der Waals surface area contributed by atoms with E-state index >= 15 is 0 Å². The van der Waals surface area contributed by atoms with Crippen molar-refractivity contribution in [1.82, 2.24) is 15.4 Å². The minimum Gasteiger partial charge on any atom is -0.476 e. The van der Waals surface area contributed by atoms with Crippen molar-refractivity contribution in [2.75, 3.05) is 0 Å². The third kappa shape index (κ3) is 2.88. The first-order chi connectivity index (χ1) is 9.87. The van der Waals surface area contributed by atoms with Gasteiger partial charge in [0.1, 0.15) is 5.54 Å². The first kappa shape index (κ1) is 15.0. The number of aromatic carboxylic acids is 1. The number of amides is 3. The van der Waals surface area contributed by atoms with Crippen LogP contribution >= 0.6 is 0 Å². The lowest BCUT2D eigenvalue weighted by atomic mass is 9.95. The van der Waals surface area contributed by atoms with Crippen LogP contribution in [0.3, 0.4) is 0 Å². The van der Waals surface area contributed by atoms with Gasteiger partial charge in [-0.2, -0.15) is 0 Å². The summed E-state index contributed by atoms with van der Waals surface area (Å²) in [5.41, 5.74) is -1.17. The molecule has 0 aliphatic carbocycles. The third-order valence-electron chi connectivity index (χ3n) is 3.47. The maximum atomic E-state index is 12.4. The van der Waals surface area contributed by atoms with Gasteiger partial charge in [0.15, 0.2) is 11.5 Å². The molecule has 3 amide bonds. The number of hydrogen-bond donors (Lipinski definition) is 2. The van der Waals surface area contributed by atoms with E-state index in [2.05, 4.69) is 10.5 Å². The van der Waals surface area contributed by atoms with E-state index in [1.54, 1.807) is 6.92 Å². The highest BCUT2D eigenvalue weighted by Gasteiger charge is 2.47. The van der Waals surface area contributed by atoms with Gasteiger partial charge in [-0.15, -0.1) is 0 Å². The van der Waals surface area contributed by atoms with Crippen molar-refractivity contribution in [3.05, 3.63) is 17.5 Å². The van der Waals surface area contributed by atoms with Gasteiger partial charge in [0.2, 0.25) is 0 Å². The maximum Gasteiger partial charge on any atom is 0.358 e. The maximum absolute atomic E-state index is 12.4. The number of hydrogen-bond acceptors (Lipinski definition) is 5. The van der Waals surface area contributed by atoms with Crippen molar-refractivity contribution < 1.29 is 24.0 Å². The lowest BCUT2D eigenvalue weighted by molar-refractivity contribution is -0.131. The highest BCUT2D eigenvalue weighted by atomic mass is 16.5. The van der Waals surface area contributed by atoms with Gasteiger partial charge < -0.3 is 14.9 Å². The Kier molecular flexibility index (Phi) is 3.97. The summed E-state index contributed by atoms with van der Waals surface area (Å²) in [4.78, 5) is 36.0. The number of carboxylic acid groups (broad SMARTS) is 1. The monoisotopic (exact) mass is 295 g/mol. The van der Waals surface area contributed by atoms with Crippen LogP contribution in [0.5, 0.6) is 0 Å². The van der Waals surface area contributed by atoms with Crippen LogP contribution in [0.1, 0.15) is 49.4 Å². The lowest BCUT2D eigenvalue weighted by Crippen LogP contribution is -2.43. The van der Waals surface area contributed by atoms with Gasteiger partial charge in [0.05, 0.1) is 6.54 Å². The van der Waals surface area contributed by atoms with E-state index in [4.69, 9.17) is 9.63 Å². The number of nitrogens with one attached hydrogen (secondary N) is 1. The number of aromatic nitrogens is 1. The molecule has 2 rings (SSSR count). The lowest BCUT2D eigenvalue weighted by Gasteiger charge is -2.20. The van der Waals surface area contributed by atoms with Gasteiger partial charge in [0.25, 0.3) is 5.91 Å². The third-order valence-corrected chi connectivity index (χ3v) is 3.47. The van der Waals surface area contributed by atoms with Gasteiger partial charge in [0, 0.05) is 6.07 Å². The molecule has 8 nitrogen and oxygen atoms in total. The second kappa shape index (κ2) is 5.55. The minimum atomic E-state index is -1.23. The fourth-order valence-corrected chi connectivity index (χ4v) is 2.23. The fourth-order valence-electron chi connectivity index (χ4n) is 2.23. The molecule has 8 heteroatoms. The molecule has 1 saturated heterocycles. The zero-order chi connectivity index (χ0) is 15.6. The number of carboxylic acids is 1. The summed E-state index contributed by atoms with van der Waals surface area (Å²) in [6.07, 6.45) is 2.30. The minimum absolute atomic E-state index is 0.132. The van der Waals surface area contributed by atoms with Crippen molar-refractivity contribution in [3.63, 3.8) is 0 Å². The molecule has 1 aromatic rings. The van der Waals surface area contributed by atoms with Crippen LogP contribution in [0, 0.1) is 0 Å². The quantitative estimate of drug-likeness (QED) is 0.766. The zero-order valence-electron chi connectivity index (χ0n) is 11.9. The average molecular weight is 295 g/mol. The van der Waals surface area contributed by atoms with E-state index < -0.39 is 17.5 Å². The van der Waals surface area contributed by atoms with Crippen LogP contribution in [-0.2, 0) is 11.3 Å². The predicted molar refractivity (Wildman–Crippen MR) is 70.5 cm³/mol. The van der Waals surface area contributed by atoms with Crippen LogP contribution in [0.15, 0.2) is 10.6 Å². The van der Waals surface area contributed by atoms with Gasteiger partial charge >= 0.3 is 12.0 Å². The van der Waals surface area contributed by atoms with Crippen LogP contribution in [-0.4, -0.2) is 38.6 Å². The molecule has 1 unspecified atom stereocenters. The Morgan fingerprint density at radius 3 is 2.81 bits per heavy atom. The Hall–Kier alpha value is -2.38. The van der Waals surface area contributed by atoms with Crippen molar-refractivity contribution in [3.8, 4) is 0 Å². The standard InChI is InChI=1S/C13H17N3O5/c1-3-4-5-13(2)11(19)16(12(20)14-13)7-8-6-9(10(17)18)15-21-8/h6H,3-5,7H2,1-2H3,(H,14,20)(H,17,18). The van der Waals surface area contributed by atoms with E-state index in [1.807, 2.05) is 6.92 Å². The van der Waals surface area contributed by atoms with E-state index in [0.29, 0.717) is 6.42 Å². The molecule has 1 fully saturated rings. The van der Waals surface area contributed by atoms with Crippen molar-refractivity contribution in [2.24, 2.45) is 0 Å². The first-order valence-corrected chi connectivity index (χ1v) is 6.70. The molecule has 1 aromatic heterocycles. The highest BCUT2D eigenvalue weighted by molar-refractivity contribution is 6.06. The van der Waals surface area contributed by atoms with E-state index in [1.165, 1.54) is 6.07 Å². The summed E-state index contributed by atoms with van der Waals surface area (Å²) in [5.74, 6) is -1.42. The number of urea groups is 1. The summed E-state index contributed by atoms with van der Waals surface area (Å²) in [6, 6.07) is 0.691. The second-order valence-electron chi connectivity index (χ2n) is 5.24. The molecule has 0 aromatic carbocycles. The second-order valence-corrected chi connectivity index (χ2v) is 5.24.